The molecule has 0 aromatic heterocycles. The first-order valence-electron chi connectivity index (χ1n) is 10.8. The molecule has 0 atom stereocenters. The maximum Gasteiger partial charge on any atom is 0.309 e. The van der Waals surface area contributed by atoms with Crippen molar-refractivity contribution in [3.05, 3.63) is 58.7 Å². The van der Waals surface area contributed by atoms with Crippen LogP contribution in [0.4, 0.5) is 5.69 Å². The first-order valence-corrected chi connectivity index (χ1v) is 11.6. The highest BCUT2D eigenvalue weighted by molar-refractivity contribution is 8.00. The van der Waals surface area contributed by atoms with E-state index >= 15 is 0 Å². The molecule has 1 aliphatic rings. The van der Waals surface area contributed by atoms with Crippen molar-refractivity contribution in [3.63, 3.8) is 0 Å². The number of anilines is 1. The number of methoxy groups -OCH3 is 1. The van der Waals surface area contributed by atoms with Crippen molar-refractivity contribution in [3.8, 4) is 0 Å². The molecule has 4 heteroatoms. The van der Waals surface area contributed by atoms with Gasteiger partial charge in [-0.3, -0.25) is 4.79 Å². The predicted molar refractivity (Wildman–Crippen MR) is 127 cm³/mol. The van der Waals surface area contributed by atoms with E-state index < -0.39 is 0 Å². The molecule has 0 radical (unpaired) electrons. The molecule has 162 valence electrons. The van der Waals surface area contributed by atoms with Gasteiger partial charge in [0.15, 0.2) is 0 Å². The summed E-state index contributed by atoms with van der Waals surface area (Å²) in [5.74, 6) is 0.245. The molecule has 0 aliphatic heterocycles. The van der Waals surface area contributed by atoms with Gasteiger partial charge in [-0.15, -0.1) is 0 Å². The number of carbonyl (C=O) groups excluding carboxylic acids is 1. The molecule has 0 fully saturated rings. The van der Waals surface area contributed by atoms with Crippen molar-refractivity contribution < 1.29 is 9.53 Å². The van der Waals surface area contributed by atoms with Crippen LogP contribution in [0, 0.1) is 0 Å². The summed E-state index contributed by atoms with van der Waals surface area (Å²) in [6, 6.07) is 12.9. The smallest absolute Gasteiger partial charge is 0.309 e. The normalized spacial score (nSPS) is 16.8. The van der Waals surface area contributed by atoms with Crippen LogP contribution in [0.15, 0.2) is 41.3 Å². The number of esters is 1. The maximum absolute atomic E-state index is 11.5. The Morgan fingerprint density at radius 1 is 1.03 bits per heavy atom. The van der Waals surface area contributed by atoms with Crippen LogP contribution < -0.4 is 4.72 Å². The molecule has 3 nitrogen and oxygen atoms in total. The molecule has 2 aromatic rings. The fourth-order valence-electron chi connectivity index (χ4n) is 4.19. The largest absolute Gasteiger partial charge is 0.469 e. The van der Waals surface area contributed by atoms with Gasteiger partial charge in [0.2, 0.25) is 0 Å². The van der Waals surface area contributed by atoms with Gasteiger partial charge in [-0.25, -0.2) is 0 Å². The topological polar surface area (TPSA) is 38.3 Å². The fraction of sp³-hybridized carbons (Fsp3) is 0.500. The van der Waals surface area contributed by atoms with Crippen LogP contribution in [0.2, 0.25) is 0 Å². The molecule has 30 heavy (non-hydrogen) atoms. The van der Waals surface area contributed by atoms with E-state index in [1.54, 1.807) is 11.9 Å². The van der Waals surface area contributed by atoms with Gasteiger partial charge in [0.05, 0.1) is 13.5 Å². The molecule has 1 aliphatic carbocycles. The Balaban J connectivity index is 1.86. The first-order chi connectivity index (χ1) is 14.0. The van der Waals surface area contributed by atoms with Crippen molar-refractivity contribution >= 4 is 23.6 Å². The second kappa shape index (κ2) is 8.66. The van der Waals surface area contributed by atoms with Crippen molar-refractivity contribution in [1.29, 1.82) is 0 Å². The lowest BCUT2D eigenvalue weighted by Gasteiger charge is -2.42. The van der Waals surface area contributed by atoms with Crippen LogP contribution in [-0.2, 0) is 26.8 Å². The minimum atomic E-state index is -0.216. The molecule has 3 rings (SSSR count). The zero-order chi connectivity index (χ0) is 22.1. The molecular formula is C26H35NO2S. The molecular weight excluding hydrogens is 390 g/mol. The molecule has 0 bridgehead atoms. The van der Waals surface area contributed by atoms with E-state index in [2.05, 4.69) is 58.4 Å². The summed E-state index contributed by atoms with van der Waals surface area (Å²) >= 11 is 1.68. The van der Waals surface area contributed by atoms with Gasteiger partial charge >= 0.3 is 5.97 Å². The zero-order valence-electron chi connectivity index (χ0n) is 19.4. The zero-order valence-corrected chi connectivity index (χ0v) is 20.2. The lowest BCUT2D eigenvalue weighted by molar-refractivity contribution is -0.139. The van der Waals surface area contributed by atoms with Gasteiger partial charge in [-0.05, 0) is 82.0 Å². The summed E-state index contributed by atoms with van der Waals surface area (Å²) < 4.78 is 8.25. The Bertz CT molecular complexity index is 913. The molecule has 0 amide bonds. The molecule has 0 saturated carbocycles. The quantitative estimate of drug-likeness (QED) is 0.400. The molecule has 0 unspecified atom stereocenters. The second-order valence-electron chi connectivity index (χ2n) is 10.0. The Labute approximate surface area is 186 Å². The number of rotatable bonds is 6. The number of carbonyl (C=O) groups is 1. The Kier molecular flexibility index (Phi) is 6.57. The average Bonchev–Trinajstić information content (AvgIpc) is 2.70. The molecule has 1 N–H and O–H groups in total. The first kappa shape index (κ1) is 22.7. The fourth-order valence-corrected chi connectivity index (χ4v) is 5.15. The lowest BCUT2D eigenvalue weighted by atomic mass is 9.63. The van der Waals surface area contributed by atoms with Gasteiger partial charge in [-0.1, -0.05) is 59.7 Å². The summed E-state index contributed by atoms with van der Waals surface area (Å²) in [5, 5.41) is 0. The minimum absolute atomic E-state index is 0.200. The molecule has 2 aromatic carbocycles. The highest BCUT2D eigenvalue weighted by Gasteiger charge is 2.37. The third-order valence-electron chi connectivity index (χ3n) is 6.41. The van der Waals surface area contributed by atoms with Crippen LogP contribution in [0.25, 0.3) is 0 Å². The van der Waals surface area contributed by atoms with E-state index in [1.807, 2.05) is 24.3 Å². The van der Waals surface area contributed by atoms with E-state index in [4.69, 9.17) is 4.74 Å². The monoisotopic (exact) mass is 425 g/mol. The number of benzene rings is 2. The summed E-state index contributed by atoms with van der Waals surface area (Å²) in [6.07, 6.45) is 2.75. The maximum atomic E-state index is 11.5. The summed E-state index contributed by atoms with van der Waals surface area (Å²) in [7, 11) is 1.42. The van der Waals surface area contributed by atoms with Crippen LogP contribution in [0.5, 0.6) is 0 Å². The summed E-state index contributed by atoms with van der Waals surface area (Å²) in [6.45, 7) is 14.1. The van der Waals surface area contributed by atoms with Gasteiger partial charge in [0.1, 0.15) is 0 Å². The van der Waals surface area contributed by atoms with Gasteiger partial charge < -0.3 is 9.46 Å². The van der Waals surface area contributed by atoms with E-state index in [9.17, 15) is 4.79 Å². The predicted octanol–water partition coefficient (Wildman–Crippen LogP) is 6.99. The molecule has 0 saturated heterocycles. The van der Waals surface area contributed by atoms with Gasteiger partial charge in [0.25, 0.3) is 0 Å². The van der Waals surface area contributed by atoms with E-state index in [-0.39, 0.29) is 16.8 Å². The number of ether oxygens (including phenoxy) is 1. The van der Waals surface area contributed by atoms with E-state index in [1.165, 1.54) is 41.5 Å². The van der Waals surface area contributed by atoms with E-state index in [0.29, 0.717) is 12.3 Å². The minimum Gasteiger partial charge on any atom is -0.469 e. The van der Waals surface area contributed by atoms with Gasteiger partial charge in [0, 0.05) is 10.6 Å². The lowest BCUT2D eigenvalue weighted by Crippen LogP contribution is -2.34. The Morgan fingerprint density at radius 2 is 1.60 bits per heavy atom. The Morgan fingerprint density at radius 3 is 2.13 bits per heavy atom. The summed E-state index contributed by atoms with van der Waals surface area (Å²) in [5.41, 5.74) is 6.81. The summed E-state index contributed by atoms with van der Waals surface area (Å²) in [4.78, 5) is 12.8. The van der Waals surface area contributed by atoms with Crippen molar-refractivity contribution in [1.82, 2.24) is 0 Å². The SMILES string of the molecule is COC(=O)Cc1ccc(NSc2cc3c(cc2C(C)C)C(C)(C)CCC3(C)C)cc1. The number of fused-ring (bicyclic) bond motifs is 1. The highest BCUT2D eigenvalue weighted by atomic mass is 32.2. The van der Waals surface area contributed by atoms with E-state index in [0.717, 1.165) is 11.3 Å². The van der Waals surface area contributed by atoms with Crippen LogP contribution >= 0.6 is 11.9 Å². The number of nitrogens with one attached hydrogen (secondary N) is 1. The molecule has 0 spiro atoms. The third kappa shape index (κ3) is 4.85. The van der Waals surface area contributed by atoms with Crippen LogP contribution in [0.1, 0.15) is 82.6 Å². The van der Waals surface area contributed by atoms with Crippen LogP contribution in [-0.4, -0.2) is 13.1 Å². The second-order valence-corrected chi connectivity index (χ2v) is 10.9. The number of hydrogen-bond acceptors (Lipinski definition) is 4. The Hall–Kier alpha value is -1.94. The van der Waals surface area contributed by atoms with Crippen LogP contribution in [0.3, 0.4) is 0 Å². The highest BCUT2D eigenvalue weighted by Crippen LogP contribution is 2.48. The van der Waals surface area contributed by atoms with Crippen molar-refractivity contribution in [2.24, 2.45) is 0 Å². The molecule has 0 heterocycles. The third-order valence-corrected chi connectivity index (χ3v) is 7.33. The van der Waals surface area contributed by atoms with Crippen molar-refractivity contribution in [2.75, 3.05) is 11.8 Å². The van der Waals surface area contributed by atoms with Crippen molar-refractivity contribution in [2.45, 2.75) is 82.4 Å². The standard InChI is InChI=1S/C26H35NO2S/c1-17(2)20-15-21-22(26(5,6)13-12-25(21,3)4)16-23(20)30-27-19-10-8-18(9-11-19)14-24(28)29-7/h8-11,15-17,27H,12-14H2,1-7H3. The average molecular weight is 426 g/mol. The number of hydrogen-bond donors (Lipinski definition) is 1. The van der Waals surface area contributed by atoms with Gasteiger partial charge in [-0.2, -0.15) is 0 Å².